The molecule has 3 rings (SSSR count). The highest BCUT2D eigenvalue weighted by atomic mass is 16.6. The van der Waals surface area contributed by atoms with E-state index in [1.165, 1.54) is 18.4 Å². The quantitative estimate of drug-likeness (QED) is 0.903. The molecule has 0 radical (unpaired) electrons. The minimum Gasteiger partial charge on any atom is -0.444 e. The van der Waals surface area contributed by atoms with E-state index < -0.39 is 5.60 Å². The number of nitrogens with one attached hydrogen (secondary N) is 1. The van der Waals surface area contributed by atoms with Gasteiger partial charge in [-0.3, -0.25) is 4.68 Å². The van der Waals surface area contributed by atoms with Crippen LogP contribution in [0.5, 0.6) is 0 Å². The van der Waals surface area contributed by atoms with Gasteiger partial charge in [-0.05, 0) is 64.5 Å². The Balaban J connectivity index is 1.62. The fourth-order valence-corrected chi connectivity index (χ4v) is 3.56. The maximum atomic E-state index is 12.3. The van der Waals surface area contributed by atoms with Crippen molar-refractivity contribution in [3.63, 3.8) is 0 Å². The second-order valence-electron chi connectivity index (χ2n) is 8.02. The van der Waals surface area contributed by atoms with Crippen molar-refractivity contribution in [1.29, 1.82) is 0 Å². The lowest BCUT2D eigenvalue weighted by atomic mass is 9.94. The van der Waals surface area contributed by atoms with Crippen LogP contribution in [0.25, 0.3) is 0 Å². The summed E-state index contributed by atoms with van der Waals surface area (Å²) >= 11 is 0. The van der Waals surface area contributed by atoms with Gasteiger partial charge in [-0.15, -0.1) is 0 Å². The van der Waals surface area contributed by atoms with Crippen molar-refractivity contribution in [3.05, 3.63) is 18.0 Å². The summed E-state index contributed by atoms with van der Waals surface area (Å²) in [5, 5.41) is 8.05. The van der Waals surface area contributed by atoms with Crippen molar-refractivity contribution in [1.82, 2.24) is 20.0 Å². The van der Waals surface area contributed by atoms with E-state index in [-0.39, 0.29) is 12.1 Å². The van der Waals surface area contributed by atoms with Crippen LogP contribution in [0.1, 0.15) is 64.0 Å². The molecule has 0 bridgehead atoms. The summed E-state index contributed by atoms with van der Waals surface area (Å²) in [6, 6.07) is 0.247. The molecule has 24 heavy (non-hydrogen) atoms. The highest BCUT2D eigenvalue weighted by molar-refractivity contribution is 5.68. The largest absolute Gasteiger partial charge is 0.444 e. The van der Waals surface area contributed by atoms with E-state index in [4.69, 9.17) is 4.74 Å². The number of nitrogens with zero attached hydrogens (tertiary/aromatic N) is 3. The first-order valence-corrected chi connectivity index (χ1v) is 9.15. The molecule has 1 aromatic heterocycles. The average molecular weight is 334 g/mol. The molecule has 0 aromatic carbocycles. The number of ether oxygens (including phenoxy) is 1. The van der Waals surface area contributed by atoms with E-state index in [9.17, 15) is 4.79 Å². The number of hydrogen-bond donors (Lipinski definition) is 1. The molecule has 1 amide bonds. The Kier molecular flexibility index (Phi) is 5.13. The smallest absolute Gasteiger partial charge is 0.410 e. The van der Waals surface area contributed by atoms with Gasteiger partial charge in [0.25, 0.3) is 0 Å². The summed E-state index contributed by atoms with van der Waals surface area (Å²) in [6.45, 7) is 9.34. The first kappa shape index (κ1) is 17.3. The molecule has 2 aliphatic heterocycles. The van der Waals surface area contributed by atoms with Crippen molar-refractivity contribution >= 4 is 6.09 Å². The fraction of sp³-hybridized carbons (Fsp3) is 0.778. The third-order valence-electron chi connectivity index (χ3n) is 4.81. The summed E-state index contributed by atoms with van der Waals surface area (Å²) in [7, 11) is 0. The Labute approximate surface area is 144 Å². The number of rotatable bonds is 2. The van der Waals surface area contributed by atoms with Gasteiger partial charge in [0.15, 0.2) is 0 Å². The van der Waals surface area contributed by atoms with Crippen LogP contribution < -0.4 is 5.32 Å². The van der Waals surface area contributed by atoms with E-state index in [2.05, 4.69) is 21.3 Å². The van der Waals surface area contributed by atoms with Crippen molar-refractivity contribution in [2.24, 2.45) is 0 Å². The number of piperidine rings is 2. The molecule has 2 unspecified atom stereocenters. The molecule has 1 aromatic rings. The molecule has 0 spiro atoms. The third-order valence-corrected chi connectivity index (χ3v) is 4.81. The van der Waals surface area contributed by atoms with E-state index in [1.807, 2.05) is 31.9 Å². The summed E-state index contributed by atoms with van der Waals surface area (Å²) in [5.41, 5.74) is 0.869. The number of aromatic nitrogens is 2. The van der Waals surface area contributed by atoms with Crippen molar-refractivity contribution < 1.29 is 9.53 Å². The van der Waals surface area contributed by atoms with Gasteiger partial charge in [-0.25, -0.2) is 4.79 Å². The lowest BCUT2D eigenvalue weighted by Gasteiger charge is -2.34. The zero-order valence-corrected chi connectivity index (χ0v) is 15.1. The van der Waals surface area contributed by atoms with Crippen molar-refractivity contribution in [2.75, 3.05) is 26.2 Å². The SMILES string of the molecule is CC(C)(C)OC(=O)N1CCCC(n2cc(C3CCCNC3)cn2)C1. The molecule has 2 fully saturated rings. The van der Waals surface area contributed by atoms with Crippen LogP contribution in [0.3, 0.4) is 0 Å². The fourth-order valence-electron chi connectivity index (χ4n) is 3.56. The molecule has 0 saturated carbocycles. The molecule has 1 N–H and O–H groups in total. The van der Waals surface area contributed by atoms with Crippen molar-refractivity contribution in [2.45, 2.75) is 64.0 Å². The van der Waals surface area contributed by atoms with Crippen LogP contribution in [0.2, 0.25) is 0 Å². The van der Waals surface area contributed by atoms with Crippen molar-refractivity contribution in [3.8, 4) is 0 Å². The standard InChI is InChI=1S/C18H30N4O2/c1-18(2,3)24-17(23)21-9-5-7-16(13-21)22-12-15(11-20-22)14-6-4-8-19-10-14/h11-12,14,16,19H,4-10,13H2,1-3H3. The molecule has 2 saturated heterocycles. The first-order chi connectivity index (χ1) is 11.4. The number of carbonyl (C=O) groups is 1. The monoisotopic (exact) mass is 334 g/mol. The summed E-state index contributed by atoms with van der Waals surface area (Å²) in [4.78, 5) is 14.1. The Morgan fingerprint density at radius 1 is 1.33 bits per heavy atom. The van der Waals surface area contributed by atoms with Crippen LogP contribution in [-0.2, 0) is 4.74 Å². The van der Waals surface area contributed by atoms with E-state index in [1.54, 1.807) is 0 Å². The second-order valence-corrected chi connectivity index (χ2v) is 8.02. The summed E-state index contributed by atoms with van der Waals surface area (Å²) in [6.07, 6.45) is 8.48. The van der Waals surface area contributed by atoms with Crippen LogP contribution in [0.4, 0.5) is 4.79 Å². The minimum absolute atomic E-state index is 0.212. The van der Waals surface area contributed by atoms with E-state index in [0.717, 1.165) is 32.5 Å². The predicted molar refractivity (Wildman–Crippen MR) is 93.1 cm³/mol. The zero-order chi connectivity index (χ0) is 17.2. The molecule has 6 heteroatoms. The summed E-state index contributed by atoms with van der Waals surface area (Å²) < 4.78 is 7.57. The Morgan fingerprint density at radius 2 is 2.17 bits per heavy atom. The molecular formula is C18H30N4O2. The van der Waals surface area contributed by atoms with Crippen LogP contribution >= 0.6 is 0 Å². The van der Waals surface area contributed by atoms with Crippen LogP contribution in [0, 0.1) is 0 Å². The van der Waals surface area contributed by atoms with Gasteiger partial charge in [0, 0.05) is 25.8 Å². The molecule has 3 heterocycles. The Bertz CT molecular complexity index is 558. The number of likely N-dealkylation sites (tertiary alicyclic amines) is 1. The lowest BCUT2D eigenvalue weighted by molar-refractivity contribution is 0.0167. The Morgan fingerprint density at radius 3 is 2.88 bits per heavy atom. The second kappa shape index (κ2) is 7.13. The molecule has 2 atom stereocenters. The average Bonchev–Trinajstić information content (AvgIpc) is 3.04. The van der Waals surface area contributed by atoms with Gasteiger partial charge < -0.3 is 15.0 Å². The molecule has 0 aliphatic carbocycles. The molecule has 6 nitrogen and oxygen atoms in total. The third kappa shape index (κ3) is 4.29. The first-order valence-electron chi connectivity index (χ1n) is 9.15. The molecule has 2 aliphatic rings. The number of amides is 1. The Hall–Kier alpha value is -1.56. The maximum absolute atomic E-state index is 12.3. The lowest BCUT2D eigenvalue weighted by Crippen LogP contribution is -2.43. The topological polar surface area (TPSA) is 59.4 Å². The van der Waals surface area contributed by atoms with Crippen LogP contribution in [0.15, 0.2) is 12.4 Å². The zero-order valence-electron chi connectivity index (χ0n) is 15.1. The van der Waals surface area contributed by atoms with E-state index in [0.29, 0.717) is 12.5 Å². The highest BCUT2D eigenvalue weighted by Crippen LogP contribution is 2.27. The normalized spacial score (nSPS) is 25.5. The van der Waals surface area contributed by atoms with Gasteiger partial charge in [-0.1, -0.05) is 0 Å². The van der Waals surface area contributed by atoms with Gasteiger partial charge in [-0.2, -0.15) is 5.10 Å². The molecular weight excluding hydrogens is 304 g/mol. The van der Waals surface area contributed by atoms with Gasteiger partial charge in [0.2, 0.25) is 0 Å². The van der Waals surface area contributed by atoms with Gasteiger partial charge >= 0.3 is 6.09 Å². The maximum Gasteiger partial charge on any atom is 0.410 e. The molecule has 134 valence electrons. The van der Waals surface area contributed by atoms with Gasteiger partial charge in [0.1, 0.15) is 5.60 Å². The van der Waals surface area contributed by atoms with Crippen LogP contribution in [-0.4, -0.2) is 52.6 Å². The highest BCUT2D eigenvalue weighted by Gasteiger charge is 2.29. The predicted octanol–water partition coefficient (Wildman–Crippen LogP) is 2.92. The van der Waals surface area contributed by atoms with E-state index >= 15 is 0 Å². The minimum atomic E-state index is -0.448. The number of carbonyl (C=O) groups excluding carboxylic acids is 1. The summed E-state index contributed by atoms with van der Waals surface area (Å²) in [5.74, 6) is 0.568. The number of hydrogen-bond acceptors (Lipinski definition) is 4. The van der Waals surface area contributed by atoms with Gasteiger partial charge in [0.05, 0.1) is 12.2 Å².